The van der Waals surface area contributed by atoms with Gasteiger partial charge in [-0.25, -0.2) is 0 Å². The van der Waals surface area contributed by atoms with E-state index in [1.807, 2.05) is 0 Å². The highest BCUT2D eigenvalue weighted by atomic mass is 19.4. The first kappa shape index (κ1) is 16.8. The van der Waals surface area contributed by atoms with Crippen LogP contribution in [0.25, 0.3) is 0 Å². The molecule has 1 saturated heterocycles. The summed E-state index contributed by atoms with van der Waals surface area (Å²) < 4.78 is 42.9. The highest BCUT2D eigenvalue weighted by molar-refractivity contribution is 5.85. The highest BCUT2D eigenvalue weighted by Gasteiger charge is 2.47. The Morgan fingerprint density at radius 1 is 1.21 bits per heavy atom. The van der Waals surface area contributed by atoms with E-state index in [0.29, 0.717) is 13.0 Å². The molecule has 2 N–H and O–H groups in total. The molecule has 3 rings (SSSR count). The predicted octanol–water partition coefficient (Wildman–Crippen LogP) is 1.52. The van der Waals surface area contributed by atoms with E-state index in [2.05, 4.69) is 0 Å². The van der Waals surface area contributed by atoms with Crippen molar-refractivity contribution in [1.29, 1.82) is 0 Å². The lowest BCUT2D eigenvalue weighted by Gasteiger charge is -2.31. The number of benzene rings is 1. The van der Waals surface area contributed by atoms with Gasteiger partial charge in [0.1, 0.15) is 0 Å². The molecule has 0 unspecified atom stereocenters. The summed E-state index contributed by atoms with van der Waals surface area (Å²) in [5, 5.41) is 0. The standard InChI is InChI=1S/C16H17F3N2O3/c17-16(18,19)10-3-1-9(2-4-10)11-7-12(11)15(23)21-5-6-24-13(8-21)14(20)22/h1-4,11-13H,5-8H2,(H2,20,22)/t11-,12+,13+/m1/s1. The Bertz CT molecular complexity index is 645. The van der Waals surface area contributed by atoms with Crippen LogP contribution in [-0.2, 0) is 20.5 Å². The zero-order chi connectivity index (χ0) is 17.5. The molecular weight excluding hydrogens is 325 g/mol. The Hall–Kier alpha value is -2.09. The van der Waals surface area contributed by atoms with E-state index < -0.39 is 23.8 Å². The molecule has 0 radical (unpaired) electrons. The van der Waals surface area contributed by atoms with Gasteiger partial charge in [0, 0.05) is 12.5 Å². The molecule has 24 heavy (non-hydrogen) atoms. The third-order valence-corrected chi connectivity index (χ3v) is 4.47. The number of carbonyl (C=O) groups excluding carboxylic acids is 2. The first-order valence-corrected chi connectivity index (χ1v) is 7.64. The average molecular weight is 342 g/mol. The Morgan fingerprint density at radius 3 is 2.46 bits per heavy atom. The van der Waals surface area contributed by atoms with Gasteiger partial charge in [-0.15, -0.1) is 0 Å². The number of carbonyl (C=O) groups is 2. The largest absolute Gasteiger partial charge is 0.416 e. The Morgan fingerprint density at radius 2 is 1.88 bits per heavy atom. The fourth-order valence-corrected chi connectivity index (χ4v) is 3.01. The first-order chi connectivity index (χ1) is 11.3. The number of morpholine rings is 1. The van der Waals surface area contributed by atoms with Crippen molar-refractivity contribution >= 4 is 11.8 Å². The van der Waals surface area contributed by atoms with Crippen LogP contribution in [0.15, 0.2) is 24.3 Å². The highest BCUT2D eigenvalue weighted by Crippen LogP contribution is 2.49. The predicted molar refractivity (Wildman–Crippen MR) is 77.8 cm³/mol. The van der Waals surface area contributed by atoms with Crippen LogP contribution in [0.4, 0.5) is 13.2 Å². The van der Waals surface area contributed by atoms with Crippen LogP contribution in [0, 0.1) is 5.92 Å². The van der Waals surface area contributed by atoms with Crippen LogP contribution in [-0.4, -0.2) is 42.5 Å². The van der Waals surface area contributed by atoms with Gasteiger partial charge in [-0.3, -0.25) is 9.59 Å². The topological polar surface area (TPSA) is 72.6 Å². The first-order valence-electron chi connectivity index (χ1n) is 7.64. The van der Waals surface area contributed by atoms with Crippen molar-refractivity contribution in [3.63, 3.8) is 0 Å². The van der Waals surface area contributed by atoms with Gasteiger partial charge in [0.25, 0.3) is 0 Å². The third-order valence-electron chi connectivity index (χ3n) is 4.47. The second kappa shape index (κ2) is 6.08. The quantitative estimate of drug-likeness (QED) is 0.905. The number of hydrogen-bond donors (Lipinski definition) is 1. The summed E-state index contributed by atoms with van der Waals surface area (Å²) in [6.45, 7) is 0.764. The van der Waals surface area contributed by atoms with Crippen molar-refractivity contribution < 1.29 is 27.5 Å². The average Bonchev–Trinajstić information content (AvgIpc) is 3.34. The van der Waals surface area contributed by atoms with Crippen molar-refractivity contribution in [2.45, 2.75) is 24.6 Å². The zero-order valence-electron chi connectivity index (χ0n) is 12.8. The number of rotatable bonds is 3. The van der Waals surface area contributed by atoms with Crippen LogP contribution < -0.4 is 5.73 Å². The number of ether oxygens (including phenoxy) is 1. The smallest absolute Gasteiger partial charge is 0.367 e. The number of nitrogens with two attached hydrogens (primary N) is 1. The maximum Gasteiger partial charge on any atom is 0.416 e. The molecule has 1 aromatic rings. The van der Waals surface area contributed by atoms with Crippen LogP contribution in [0.3, 0.4) is 0 Å². The summed E-state index contributed by atoms with van der Waals surface area (Å²) in [4.78, 5) is 25.2. The fraction of sp³-hybridized carbons (Fsp3) is 0.500. The van der Waals surface area contributed by atoms with Crippen LogP contribution >= 0.6 is 0 Å². The van der Waals surface area contributed by atoms with Gasteiger partial charge in [0.15, 0.2) is 6.10 Å². The molecule has 2 amide bonds. The second-order valence-corrected chi connectivity index (χ2v) is 6.11. The monoisotopic (exact) mass is 342 g/mol. The second-order valence-electron chi connectivity index (χ2n) is 6.11. The summed E-state index contributed by atoms with van der Waals surface area (Å²) in [7, 11) is 0. The third kappa shape index (κ3) is 3.38. The van der Waals surface area contributed by atoms with Crippen molar-refractivity contribution in [3.05, 3.63) is 35.4 Å². The lowest BCUT2D eigenvalue weighted by molar-refractivity contribution is -0.146. The molecule has 130 valence electrons. The minimum absolute atomic E-state index is 0.0744. The van der Waals surface area contributed by atoms with E-state index >= 15 is 0 Å². The summed E-state index contributed by atoms with van der Waals surface area (Å²) in [6.07, 6.45) is -4.57. The molecule has 1 heterocycles. The van der Waals surface area contributed by atoms with Gasteiger partial charge in [-0.2, -0.15) is 13.2 Å². The number of amides is 2. The molecule has 0 spiro atoms. The SMILES string of the molecule is NC(=O)[C@@H]1CN(C(=O)[C@H]2C[C@@H]2c2ccc(C(F)(F)F)cc2)CCO1. The van der Waals surface area contributed by atoms with Gasteiger partial charge in [-0.05, 0) is 30.0 Å². The Labute approximate surface area is 136 Å². The van der Waals surface area contributed by atoms with E-state index in [0.717, 1.165) is 17.7 Å². The molecule has 5 nitrogen and oxygen atoms in total. The molecule has 1 saturated carbocycles. The molecule has 2 fully saturated rings. The summed E-state index contributed by atoms with van der Waals surface area (Å²) in [6, 6.07) is 4.92. The molecule has 1 aliphatic carbocycles. The molecule has 1 aromatic carbocycles. The molecule has 0 aromatic heterocycles. The Balaban J connectivity index is 1.62. The zero-order valence-corrected chi connectivity index (χ0v) is 12.8. The van der Waals surface area contributed by atoms with Gasteiger partial charge in [-0.1, -0.05) is 12.1 Å². The summed E-state index contributed by atoms with van der Waals surface area (Å²) in [5.41, 5.74) is 5.22. The maximum absolute atomic E-state index is 12.6. The summed E-state index contributed by atoms with van der Waals surface area (Å²) >= 11 is 0. The minimum atomic E-state index is -4.37. The van der Waals surface area contributed by atoms with Crippen molar-refractivity contribution in [1.82, 2.24) is 4.90 Å². The maximum atomic E-state index is 12.6. The number of primary amides is 1. The van der Waals surface area contributed by atoms with E-state index in [1.165, 1.54) is 12.1 Å². The number of halogens is 3. The van der Waals surface area contributed by atoms with Crippen molar-refractivity contribution in [2.75, 3.05) is 19.7 Å². The van der Waals surface area contributed by atoms with E-state index in [9.17, 15) is 22.8 Å². The van der Waals surface area contributed by atoms with E-state index in [1.54, 1.807) is 4.90 Å². The van der Waals surface area contributed by atoms with Crippen LogP contribution in [0.2, 0.25) is 0 Å². The number of hydrogen-bond acceptors (Lipinski definition) is 3. The molecular formula is C16H17F3N2O3. The Kier molecular flexibility index (Phi) is 4.25. The molecule has 0 bridgehead atoms. The van der Waals surface area contributed by atoms with E-state index in [4.69, 9.17) is 10.5 Å². The minimum Gasteiger partial charge on any atom is -0.367 e. The normalized spacial score (nSPS) is 27.0. The van der Waals surface area contributed by atoms with Gasteiger partial charge < -0.3 is 15.4 Å². The lowest BCUT2D eigenvalue weighted by atomic mass is 10.1. The molecule has 3 atom stereocenters. The van der Waals surface area contributed by atoms with Crippen molar-refractivity contribution in [2.24, 2.45) is 11.7 Å². The van der Waals surface area contributed by atoms with Crippen molar-refractivity contribution in [3.8, 4) is 0 Å². The molecule has 2 aliphatic rings. The fourth-order valence-electron chi connectivity index (χ4n) is 3.01. The van der Waals surface area contributed by atoms with E-state index in [-0.39, 0.29) is 30.9 Å². The van der Waals surface area contributed by atoms with Crippen LogP contribution in [0.5, 0.6) is 0 Å². The molecule has 1 aliphatic heterocycles. The number of alkyl halides is 3. The summed E-state index contributed by atoms with van der Waals surface area (Å²) in [5.74, 6) is -1.04. The van der Waals surface area contributed by atoms with Crippen LogP contribution in [0.1, 0.15) is 23.5 Å². The van der Waals surface area contributed by atoms with Gasteiger partial charge >= 0.3 is 6.18 Å². The number of nitrogens with zero attached hydrogens (tertiary/aromatic N) is 1. The lowest BCUT2D eigenvalue weighted by Crippen LogP contribution is -2.50. The van der Waals surface area contributed by atoms with Gasteiger partial charge in [0.2, 0.25) is 11.8 Å². The molecule has 8 heteroatoms. The van der Waals surface area contributed by atoms with Gasteiger partial charge in [0.05, 0.1) is 18.7 Å².